The molecule has 0 radical (unpaired) electrons. The fourth-order valence-corrected chi connectivity index (χ4v) is 4.69. The fourth-order valence-electron chi connectivity index (χ4n) is 4.69. The monoisotopic (exact) mass is 442 g/mol. The van der Waals surface area contributed by atoms with Crippen molar-refractivity contribution in [1.29, 1.82) is 0 Å². The predicted octanol–water partition coefficient (Wildman–Crippen LogP) is 4.80. The Hall–Kier alpha value is -3.05. The molecule has 1 N–H and O–H groups in total. The highest BCUT2D eigenvalue weighted by Gasteiger charge is 2.41. The van der Waals surface area contributed by atoms with Crippen molar-refractivity contribution in [2.45, 2.75) is 52.6 Å². The number of aryl methyl sites for hydroxylation is 1. The molecule has 1 fully saturated rings. The van der Waals surface area contributed by atoms with Crippen LogP contribution >= 0.6 is 0 Å². The molecule has 1 amide bonds. The van der Waals surface area contributed by atoms with Crippen molar-refractivity contribution in [3.63, 3.8) is 0 Å². The third kappa shape index (κ3) is 5.85. The van der Waals surface area contributed by atoms with Gasteiger partial charge in [0.1, 0.15) is 0 Å². The molecule has 0 bridgehead atoms. The Bertz CT molecular complexity index is 1050. The molecular weight excluding hydrogens is 408 g/mol. The van der Waals surface area contributed by atoms with Gasteiger partial charge in [0.25, 0.3) is 0 Å². The molecule has 4 rings (SSSR count). The van der Waals surface area contributed by atoms with Crippen LogP contribution in [0.25, 0.3) is 11.1 Å². The van der Waals surface area contributed by atoms with Crippen LogP contribution in [0.15, 0.2) is 67.0 Å². The Morgan fingerprint density at radius 1 is 1.03 bits per heavy atom. The molecule has 1 aliphatic rings. The summed E-state index contributed by atoms with van der Waals surface area (Å²) < 4.78 is 0. The van der Waals surface area contributed by atoms with Gasteiger partial charge in [-0.05, 0) is 88.0 Å². The van der Waals surface area contributed by atoms with E-state index in [1.165, 1.54) is 5.56 Å². The molecule has 3 aromatic rings. The van der Waals surface area contributed by atoms with E-state index < -0.39 is 0 Å². The summed E-state index contributed by atoms with van der Waals surface area (Å²) in [6.45, 7) is 8.73. The van der Waals surface area contributed by atoms with Crippen molar-refractivity contribution in [2.75, 3.05) is 13.1 Å². The van der Waals surface area contributed by atoms with Gasteiger partial charge in [-0.25, -0.2) is 0 Å². The molecule has 0 unspecified atom stereocenters. The van der Waals surface area contributed by atoms with Crippen LogP contribution in [-0.4, -0.2) is 39.9 Å². The summed E-state index contributed by atoms with van der Waals surface area (Å²) in [6, 6.07) is 18.9. The normalized spacial score (nSPS) is 16.0. The van der Waals surface area contributed by atoms with Gasteiger partial charge in [0.05, 0.1) is 11.1 Å². The van der Waals surface area contributed by atoms with Gasteiger partial charge in [-0.2, -0.15) is 0 Å². The van der Waals surface area contributed by atoms with Gasteiger partial charge in [-0.15, -0.1) is 0 Å². The van der Waals surface area contributed by atoms with Crippen LogP contribution in [0.2, 0.25) is 0 Å². The Labute approximate surface area is 197 Å². The van der Waals surface area contributed by atoms with Gasteiger partial charge in [0, 0.05) is 30.7 Å². The number of aromatic nitrogens is 2. The minimum Gasteiger partial charge on any atom is -0.353 e. The van der Waals surface area contributed by atoms with E-state index in [1.807, 2.05) is 39.1 Å². The Balaban J connectivity index is 1.48. The van der Waals surface area contributed by atoms with E-state index in [0.29, 0.717) is 0 Å². The largest absolute Gasteiger partial charge is 0.353 e. The highest BCUT2D eigenvalue weighted by atomic mass is 16.2. The van der Waals surface area contributed by atoms with E-state index in [-0.39, 0.29) is 17.4 Å². The van der Waals surface area contributed by atoms with E-state index in [0.717, 1.165) is 61.4 Å². The van der Waals surface area contributed by atoms with Crippen LogP contribution in [0.3, 0.4) is 0 Å². The molecule has 5 heteroatoms. The summed E-state index contributed by atoms with van der Waals surface area (Å²) in [7, 11) is 0. The van der Waals surface area contributed by atoms with Crippen LogP contribution in [0.1, 0.15) is 43.6 Å². The zero-order valence-corrected chi connectivity index (χ0v) is 19.9. The number of rotatable bonds is 7. The van der Waals surface area contributed by atoms with Crippen LogP contribution in [-0.2, 0) is 17.8 Å². The molecule has 5 nitrogen and oxygen atoms in total. The highest BCUT2D eigenvalue weighted by molar-refractivity contribution is 5.83. The van der Waals surface area contributed by atoms with Crippen LogP contribution in [0.4, 0.5) is 0 Å². The molecular formula is C28H34N4O. The number of carbonyl (C=O) groups is 1. The number of nitrogens with zero attached hydrogens (tertiary/aromatic N) is 3. The Morgan fingerprint density at radius 3 is 2.42 bits per heavy atom. The lowest BCUT2D eigenvalue weighted by Gasteiger charge is -2.41. The number of benzene rings is 1. The van der Waals surface area contributed by atoms with Gasteiger partial charge >= 0.3 is 0 Å². The number of amides is 1. The second-order valence-corrected chi connectivity index (χ2v) is 9.57. The first-order chi connectivity index (χ1) is 15.9. The summed E-state index contributed by atoms with van der Waals surface area (Å²) >= 11 is 0. The third-order valence-electron chi connectivity index (χ3n) is 6.54. The zero-order chi connectivity index (χ0) is 23.3. The first-order valence-corrected chi connectivity index (χ1v) is 11.9. The molecule has 1 aromatic carbocycles. The second kappa shape index (κ2) is 10.3. The fraction of sp³-hybridized carbons (Fsp3) is 0.393. The standard InChI is InChI=1S/C28H34N4O/c1-21(2)30-27(33)28(13-16-32(17-14-28)20-26-8-4-6-22(3)31-26)18-23-9-11-24(12-10-23)25-7-5-15-29-19-25/h4-12,15,19,21H,13-14,16-18,20H2,1-3H3,(H,30,33). The summed E-state index contributed by atoms with van der Waals surface area (Å²) in [6.07, 6.45) is 6.13. The van der Waals surface area contributed by atoms with Gasteiger partial charge in [-0.3, -0.25) is 19.7 Å². The number of carbonyl (C=O) groups excluding carboxylic acids is 1. The van der Waals surface area contributed by atoms with Crippen molar-refractivity contribution in [2.24, 2.45) is 5.41 Å². The lowest BCUT2D eigenvalue weighted by molar-refractivity contribution is -0.134. The Kier molecular flexibility index (Phi) is 7.19. The van der Waals surface area contributed by atoms with Crippen LogP contribution < -0.4 is 5.32 Å². The van der Waals surface area contributed by atoms with E-state index >= 15 is 0 Å². The smallest absolute Gasteiger partial charge is 0.226 e. The second-order valence-electron chi connectivity index (χ2n) is 9.57. The molecule has 0 aliphatic carbocycles. The quantitative estimate of drug-likeness (QED) is 0.571. The average molecular weight is 443 g/mol. The molecule has 33 heavy (non-hydrogen) atoms. The van der Waals surface area contributed by atoms with Crippen molar-refractivity contribution in [3.05, 3.63) is 83.9 Å². The first kappa shape index (κ1) is 23.1. The maximum absolute atomic E-state index is 13.4. The SMILES string of the molecule is Cc1cccc(CN2CCC(Cc3ccc(-c4cccnc4)cc3)(C(=O)NC(C)C)CC2)n1. The van der Waals surface area contributed by atoms with Crippen molar-refractivity contribution >= 4 is 5.91 Å². The molecule has 1 aliphatic heterocycles. The van der Waals surface area contributed by atoms with Crippen molar-refractivity contribution < 1.29 is 4.79 Å². The molecule has 2 aromatic heterocycles. The van der Waals surface area contributed by atoms with Crippen LogP contribution in [0, 0.1) is 12.3 Å². The van der Waals surface area contributed by atoms with Gasteiger partial charge in [0.15, 0.2) is 0 Å². The Morgan fingerprint density at radius 2 is 1.79 bits per heavy atom. The summed E-state index contributed by atoms with van der Waals surface area (Å²) in [5, 5.41) is 3.20. The molecule has 0 spiro atoms. The topological polar surface area (TPSA) is 58.1 Å². The minimum absolute atomic E-state index is 0.136. The predicted molar refractivity (Wildman–Crippen MR) is 133 cm³/mol. The number of hydrogen-bond donors (Lipinski definition) is 1. The average Bonchev–Trinajstić information content (AvgIpc) is 2.81. The van der Waals surface area contributed by atoms with Gasteiger partial charge < -0.3 is 5.32 Å². The summed E-state index contributed by atoms with van der Waals surface area (Å²) in [5.41, 5.74) is 5.22. The zero-order valence-electron chi connectivity index (χ0n) is 19.9. The molecule has 3 heterocycles. The number of nitrogens with one attached hydrogen (secondary N) is 1. The lowest BCUT2D eigenvalue weighted by atomic mass is 9.72. The van der Waals surface area contributed by atoms with Crippen molar-refractivity contribution in [1.82, 2.24) is 20.2 Å². The van der Waals surface area contributed by atoms with Gasteiger partial charge in [0.2, 0.25) is 5.91 Å². The van der Waals surface area contributed by atoms with E-state index in [2.05, 4.69) is 62.6 Å². The summed E-state index contributed by atoms with van der Waals surface area (Å²) in [5.74, 6) is 0.183. The van der Waals surface area contributed by atoms with Gasteiger partial charge in [-0.1, -0.05) is 36.4 Å². The molecule has 0 saturated carbocycles. The third-order valence-corrected chi connectivity index (χ3v) is 6.54. The number of piperidine rings is 1. The van der Waals surface area contributed by atoms with Crippen molar-refractivity contribution in [3.8, 4) is 11.1 Å². The molecule has 1 saturated heterocycles. The van der Waals surface area contributed by atoms with E-state index in [4.69, 9.17) is 0 Å². The maximum atomic E-state index is 13.4. The number of likely N-dealkylation sites (tertiary alicyclic amines) is 1. The number of pyridine rings is 2. The first-order valence-electron chi connectivity index (χ1n) is 11.9. The highest BCUT2D eigenvalue weighted by Crippen LogP contribution is 2.36. The maximum Gasteiger partial charge on any atom is 0.226 e. The molecule has 0 atom stereocenters. The molecule has 172 valence electrons. The van der Waals surface area contributed by atoms with E-state index in [9.17, 15) is 4.79 Å². The lowest BCUT2D eigenvalue weighted by Crippen LogP contribution is -2.51. The summed E-state index contributed by atoms with van der Waals surface area (Å²) in [4.78, 5) is 24.7. The minimum atomic E-state index is -0.378. The van der Waals surface area contributed by atoms with Crippen LogP contribution in [0.5, 0.6) is 0 Å². The van der Waals surface area contributed by atoms with E-state index in [1.54, 1.807) is 6.20 Å². The number of hydrogen-bond acceptors (Lipinski definition) is 4.